The van der Waals surface area contributed by atoms with E-state index in [1.807, 2.05) is 0 Å². The number of carbonyl (C=O) groups excluding carboxylic acids is 3. The number of aryl methyl sites for hydroxylation is 1. The number of thioether (sulfide) groups is 1. The quantitative estimate of drug-likeness (QED) is 0.379. The molecule has 0 radical (unpaired) electrons. The highest BCUT2D eigenvalue weighted by Crippen LogP contribution is 2.34. The third-order valence-corrected chi connectivity index (χ3v) is 6.50. The Balaban J connectivity index is 1.48. The summed E-state index contributed by atoms with van der Waals surface area (Å²) in [5, 5.41) is 11.8. The zero-order valence-electron chi connectivity index (χ0n) is 18.0. The molecule has 0 spiro atoms. The molecule has 0 bridgehead atoms. The topological polar surface area (TPSA) is 117 Å². The average molecular weight is 531 g/mol. The predicted octanol–water partition coefficient (Wildman–Crippen LogP) is 5.94. The van der Waals surface area contributed by atoms with E-state index in [2.05, 4.69) is 5.32 Å². The highest BCUT2D eigenvalue weighted by Gasteiger charge is 2.36. The van der Waals surface area contributed by atoms with Crippen molar-refractivity contribution < 1.29 is 28.7 Å². The fourth-order valence-corrected chi connectivity index (χ4v) is 4.44. The van der Waals surface area contributed by atoms with E-state index in [0.717, 1.165) is 10.5 Å². The highest BCUT2D eigenvalue weighted by molar-refractivity contribution is 8.18. The monoisotopic (exact) mass is 530 g/mol. The molecule has 3 amide bonds. The van der Waals surface area contributed by atoms with Gasteiger partial charge in [-0.3, -0.25) is 19.3 Å². The molecular weight excluding hydrogens is 515 g/mol. The van der Waals surface area contributed by atoms with E-state index in [1.165, 1.54) is 18.2 Å². The van der Waals surface area contributed by atoms with Crippen LogP contribution in [0.3, 0.4) is 0 Å². The summed E-state index contributed by atoms with van der Waals surface area (Å²) in [6, 6.07) is 12.6. The van der Waals surface area contributed by atoms with Crippen molar-refractivity contribution in [2.24, 2.45) is 0 Å². The number of carboxylic acids is 1. The molecule has 2 aromatic carbocycles. The van der Waals surface area contributed by atoms with Gasteiger partial charge in [0.05, 0.1) is 15.5 Å². The fraction of sp³-hybridized carbons (Fsp3) is 0.0833. The zero-order valence-corrected chi connectivity index (χ0v) is 20.3. The molecule has 0 saturated carbocycles. The van der Waals surface area contributed by atoms with Crippen LogP contribution in [0.1, 0.15) is 21.7 Å². The minimum absolute atomic E-state index is 0.0746. The summed E-state index contributed by atoms with van der Waals surface area (Å²) in [6.45, 7) is 1.33. The number of carbonyl (C=O) groups is 4. The third-order valence-electron chi connectivity index (χ3n) is 5.03. The second-order valence-corrected chi connectivity index (χ2v) is 9.31. The molecule has 1 aromatic heterocycles. The highest BCUT2D eigenvalue weighted by atomic mass is 35.5. The van der Waals surface area contributed by atoms with Crippen LogP contribution in [0, 0.1) is 6.92 Å². The largest absolute Gasteiger partial charge is 0.478 e. The van der Waals surface area contributed by atoms with Crippen molar-refractivity contribution in [1.82, 2.24) is 4.90 Å². The first-order valence-corrected chi connectivity index (χ1v) is 11.6. The lowest BCUT2D eigenvalue weighted by molar-refractivity contribution is -0.127. The summed E-state index contributed by atoms with van der Waals surface area (Å²) in [5.41, 5.74) is 1.67. The molecule has 0 unspecified atom stereocenters. The molecule has 2 N–H and O–H groups in total. The summed E-state index contributed by atoms with van der Waals surface area (Å²) in [6.07, 6.45) is 1.39. The molecule has 0 atom stereocenters. The maximum atomic E-state index is 12.8. The van der Waals surface area contributed by atoms with Gasteiger partial charge in [-0.2, -0.15) is 0 Å². The molecule has 178 valence electrons. The van der Waals surface area contributed by atoms with Gasteiger partial charge in [0.25, 0.3) is 11.1 Å². The lowest BCUT2D eigenvalue weighted by Gasteiger charge is -2.13. The second-order valence-electron chi connectivity index (χ2n) is 7.48. The van der Waals surface area contributed by atoms with Crippen LogP contribution >= 0.6 is 35.0 Å². The first kappa shape index (κ1) is 24.6. The molecule has 2 heterocycles. The van der Waals surface area contributed by atoms with Crippen LogP contribution in [-0.2, 0) is 9.59 Å². The van der Waals surface area contributed by atoms with Crippen molar-refractivity contribution in [2.75, 3.05) is 11.9 Å². The summed E-state index contributed by atoms with van der Waals surface area (Å²) in [4.78, 5) is 49.8. The Morgan fingerprint density at radius 3 is 2.63 bits per heavy atom. The standard InChI is InChI=1S/C24H16Cl2N2O6S/c1-12-2-4-14(25)9-18(12)27-21(29)11-28-22(30)20(35-24(28)33)10-15-5-7-19(34-15)13-3-6-17(26)16(8-13)23(31)32/h2-10H,11H2,1H3,(H,27,29)(H,31,32)/b20-10+. The second kappa shape index (κ2) is 9.99. The number of hydrogen-bond acceptors (Lipinski definition) is 6. The van der Waals surface area contributed by atoms with E-state index >= 15 is 0 Å². The molecular formula is C24H16Cl2N2O6S. The number of benzene rings is 2. The van der Waals surface area contributed by atoms with E-state index in [9.17, 15) is 24.3 Å². The van der Waals surface area contributed by atoms with Gasteiger partial charge in [-0.25, -0.2) is 4.79 Å². The minimum Gasteiger partial charge on any atom is -0.478 e. The summed E-state index contributed by atoms with van der Waals surface area (Å²) in [5.74, 6) is -1.72. The molecule has 3 aromatic rings. The Hall–Kier alpha value is -3.53. The van der Waals surface area contributed by atoms with Crippen LogP contribution in [-0.4, -0.2) is 39.6 Å². The van der Waals surface area contributed by atoms with Crippen LogP contribution in [0.15, 0.2) is 57.9 Å². The summed E-state index contributed by atoms with van der Waals surface area (Å²) >= 11 is 12.6. The Morgan fingerprint density at radius 2 is 1.89 bits per heavy atom. The van der Waals surface area contributed by atoms with Crippen LogP contribution in [0.5, 0.6) is 0 Å². The number of furan rings is 1. The number of rotatable bonds is 6. The van der Waals surface area contributed by atoms with Crippen LogP contribution in [0.2, 0.25) is 10.0 Å². The van der Waals surface area contributed by atoms with Crippen molar-refractivity contribution >= 4 is 69.8 Å². The molecule has 1 aliphatic rings. The number of amides is 3. The Bertz CT molecular complexity index is 1410. The number of carboxylic acid groups (broad SMARTS) is 1. The number of halogens is 2. The van der Waals surface area contributed by atoms with Gasteiger partial charge in [-0.05, 0) is 66.7 Å². The number of hydrogen-bond donors (Lipinski definition) is 2. The van der Waals surface area contributed by atoms with Crippen LogP contribution in [0.4, 0.5) is 10.5 Å². The van der Waals surface area contributed by atoms with Gasteiger partial charge in [0.1, 0.15) is 18.1 Å². The number of anilines is 1. The van der Waals surface area contributed by atoms with Crippen molar-refractivity contribution in [1.29, 1.82) is 0 Å². The van der Waals surface area contributed by atoms with Crippen LogP contribution < -0.4 is 5.32 Å². The predicted molar refractivity (Wildman–Crippen MR) is 134 cm³/mol. The molecule has 0 aliphatic carbocycles. The number of nitrogens with one attached hydrogen (secondary N) is 1. The summed E-state index contributed by atoms with van der Waals surface area (Å²) in [7, 11) is 0. The van der Waals surface area contributed by atoms with E-state index in [-0.39, 0.29) is 21.3 Å². The molecule has 8 nitrogen and oxygen atoms in total. The molecule has 35 heavy (non-hydrogen) atoms. The van der Waals surface area contributed by atoms with Crippen LogP contribution in [0.25, 0.3) is 17.4 Å². The molecule has 4 rings (SSSR count). The van der Waals surface area contributed by atoms with Gasteiger partial charge >= 0.3 is 5.97 Å². The van der Waals surface area contributed by atoms with Gasteiger partial charge in [0, 0.05) is 22.3 Å². The normalized spacial score (nSPS) is 14.6. The van der Waals surface area contributed by atoms with E-state index in [4.69, 9.17) is 27.6 Å². The Morgan fingerprint density at radius 1 is 1.11 bits per heavy atom. The minimum atomic E-state index is -1.17. The molecule has 1 aliphatic heterocycles. The SMILES string of the molecule is Cc1ccc(Cl)cc1NC(=O)CN1C(=O)S/C(=C/c2ccc(-c3ccc(Cl)c(C(=O)O)c3)o2)C1=O. The van der Waals surface area contributed by atoms with Gasteiger partial charge in [0.15, 0.2) is 0 Å². The number of nitrogens with zero attached hydrogens (tertiary/aromatic N) is 1. The van der Waals surface area contributed by atoms with Gasteiger partial charge < -0.3 is 14.8 Å². The molecule has 1 fully saturated rings. The maximum Gasteiger partial charge on any atom is 0.337 e. The lowest BCUT2D eigenvalue weighted by atomic mass is 10.1. The number of aromatic carboxylic acids is 1. The lowest BCUT2D eigenvalue weighted by Crippen LogP contribution is -2.36. The van der Waals surface area contributed by atoms with Gasteiger partial charge in [0.2, 0.25) is 5.91 Å². The first-order chi connectivity index (χ1) is 16.6. The zero-order chi connectivity index (χ0) is 25.3. The van der Waals surface area contributed by atoms with E-state index < -0.39 is 29.6 Å². The molecule has 11 heteroatoms. The number of imide groups is 1. The third kappa shape index (κ3) is 5.43. The fourth-order valence-electron chi connectivity index (χ4n) is 3.26. The summed E-state index contributed by atoms with van der Waals surface area (Å²) < 4.78 is 5.71. The first-order valence-electron chi connectivity index (χ1n) is 10.1. The smallest absolute Gasteiger partial charge is 0.337 e. The van der Waals surface area contributed by atoms with Crippen molar-refractivity contribution in [3.8, 4) is 11.3 Å². The average Bonchev–Trinajstić information content (AvgIpc) is 3.37. The maximum absolute atomic E-state index is 12.8. The van der Waals surface area contributed by atoms with Crippen molar-refractivity contribution in [2.45, 2.75) is 6.92 Å². The van der Waals surface area contributed by atoms with Crippen molar-refractivity contribution in [3.05, 3.63) is 80.4 Å². The van der Waals surface area contributed by atoms with Crippen molar-refractivity contribution in [3.63, 3.8) is 0 Å². The molecule has 1 saturated heterocycles. The van der Waals surface area contributed by atoms with E-state index in [0.29, 0.717) is 33.8 Å². The Labute approximate surface area is 213 Å². The van der Waals surface area contributed by atoms with Gasteiger partial charge in [-0.1, -0.05) is 29.3 Å². The Kier molecular flexibility index (Phi) is 7.02. The van der Waals surface area contributed by atoms with Gasteiger partial charge in [-0.15, -0.1) is 0 Å². The van der Waals surface area contributed by atoms with E-state index in [1.54, 1.807) is 43.3 Å².